The van der Waals surface area contributed by atoms with Gasteiger partial charge in [0.05, 0.1) is 0 Å². The second kappa shape index (κ2) is 11.8. The highest BCUT2D eigenvalue weighted by Crippen LogP contribution is 2.19. The Balaban J connectivity index is 1.86. The first kappa shape index (κ1) is 25.3. The Morgan fingerprint density at radius 3 is 1.05 bits per heavy atom. The van der Waals surface area contributed by atoms with Crippen molar-refractivity contribution in [2.75, 3.05) is 0 Å². The maximum Gasteiger partial charge on any atom is 0.387 e. The third-order valence-corrected chi connectivity index (χ3v) is 16.5. The molecule has 0 aliphatic carbocycles. The predicted molar refractivity (Wildman–Crippen MR) is 160 cm³/mol. The number of rotatable bonds is 10. The first-order chi connectivity index (χ1) is 18.3. The second-order valence-corrected chi connectivity index (χ2v) is 16.9. The first-order valence-corrected chi connectivity index (χ1v) is 17.5. The van der Waals surface area contributed by atoms with Crippen molar-refractivity contribution in [3.05, 3.63) is 152 Å². The van der Waals surface area contributed by atoms with E-state index in [1.54, 1.807) is 0 Å². The zero-order valence-electron chi connectivity index (χ0n) is 21.0. The van der Waals surface area contributed by atoms with Crippen molar-refractivity contribution in [2.24, 2.45) is 0 Å². The molecule has 5 heteroatoms. The lowest BCUT2D eigenvalue weighted by molar-refractivity contribution is 0.438. The molecule has 0 saturated heterocycles. The zero-order chi connectivity index (χ0) is 25.4. The van der Waals surface area contributed by atoms with Gasteiger partial charge in [-0.25, -0.2) is 0 Å². The van der Waals surface area contributed by atoms with Gasteiger partial charge in [-0.15, -0.1) is 0 Å². The van der Waals surface area contributed by atoms with Crippen molar-refractivity contribution in [1.29, 1.82) is 0 Å². The molecule has 5 aromatic carbocycles. The summed E-state index contributed by atoms with van der Waals surface area (Å²) in [6.45, 7) is 2.17. The third kappa shape index (κ3) is 5.09. The fraction of sp³-hybridized carbons (Fsp3) is 0.0625. The first-order valence-electron chi connectivity index (χ1n) is 12.7. The number of hydrogen-bond donors (Lipinski definition) is 0. The molecule has 0 atom stereocenters. The van der Waals surface area contributed by atoms with Gasteiger partial charge < -0.3 is 8.23 Å². The summed E-state index contributed by atoms with van der Waals surface area (Å²) >= 11 is 0. The molecule has 0 saturated carbocycles. The van der Waals surface area contributed by atoms with Crippen molar-refractivity contribution >= 4 is 52.6 Å². The molecule has 0 heterocycles. The number of benzene rings is 5. The molecule has 5 rings (SSSR count). The SMILES string of the molecule is CC[Si]O[Si](O[Si](c1ccccc1)(c1ccccc1)c1ccccc1)(c1ccccc1)c1ccccc1. The van der Waals surface area contributed by atoms with Gasteiger partial charge in [0.1, 0.15) is 0 Å². The molecule has 0 fully saturated rings. The smallest absolute Gasteiger partial charge is 0.387 e. The highest BCUT2D eigenvalue weighted by molar-refractivity contribution is 7.13. The van der Waals surface area contributed by atoms with E-state index in [4.69, 9.17) is 8.23 Å². The predicted octanol–water partition coefficient (Wildman–Crippen LogP) is 4.00. The molecule has 0 amide bonds. The van der Waals surface area contributed by atoms with Crippen LogP contribution in [0.25, 0.3) is 0 Å². The van der Waals surface area contributed by atoms with Crippen molar-refractivity contribution in [3.8, 4) is 0 Å². The maximum atomic E-state index is 7.92. The maximum absolute atomic E-state index is 7.92. The van der Waals surface area contributed by atoms with Gasteiger partial charge in [-0.3, -0.25) is 0 Å². The average molecular weight is 531 g/mol. The normalized spacial score (nSPS) is 11.8. The Kier molecular flexibility index (Phi) is 8.09. The molecule has 0 N–H and O–H groups in total. The van der Waals surface area contributed by atoms with Crippen LogP contribution >= 0.6 is 0 Å². The highest BCUT2D eigenvalue weighted by atomic mass is 28.5. The summed E-state index contributed by atoms with van der Waals surface area (Å²) < 4.78 is 15.0. The van der Waals surface area contributed by atoms with Gasteiger partial charge in [0.2, 0.25) is 9.76 Å². The van der Waals surface area contributed by atoms with Gasteiger partial charge in [-0.2, -0.15) is 0 Å². The second-order valence-electron chi connectivity index (χ2n) is 8.83. The molecule has 0 unspecified atom stereocenters. The van der Waals surface area contributed by atoms with Crippen LogP contribution in [0, 0.1) is 0 Å². The van der Waals surface area contributed by atoms with Crippen LogP contribution in [0.15, 0.2) is 152 Å². The van der Waals surface area contributed by atoms with Gasteiger partial charge in [-0.05, 0) is 32.0 Å². The molecule has 0 bridgehead atoms. The summed E-state index contributed by atoms with van der Waals surface area (Å²) in [5.41, 5.74) is 0. The minimum atomic E-state index is -3.18. The molecular weight excluding hydrogens is 501 g/mol. The van der Waals surface area contributed by atoms with E-state index < -0.39 is 16.9 Å². The van der Waals surface area contributed by atoms with Crippen LogP contribution in [0.4, 0.5) is 0 Å². The molecule has 0 aliphatic heterocycles. The van der Waals surface area contributed by atoms with E-state index in [2.05, 4.69) is 159 Å². The minimum absolute atomic E-state index is 0.335. The Bertz CT molecular complexity index is 1230. The third-order valence-electron chi connectivity index (χ3n) is 6.51. The molecule has 37 heavy (non-hydrogen) atoms. The average Bonchev–Trinajstić information content (AvgIpc) is 3.00. The molecule has 5 aromatic rings. The number of hydrogen-bond acceptors (Lipinski definition) is 2. The Labute approximate surface area is 224 Å². The summed E-state index contributed by atoms with van der Waals surface area (Å²) in [5.74, 6) is 0. The standard InChI is InChI=1S/C32H30O2Si3/c1-2-35-33-37(31-24-14-6-15-25-31,32-26-16-7-17-27-32)34-36(28-18-8-3-9-19-28,29-20-10-4-11-21-29)30-22-12-5-13-23-30/h3-27H,2H2,1H3. The van der Waals surface area contributed by atoms with E-state index in [-0.39, 0.29) is 0 Å². The van der Waals surface area contributed by atoms with Crippen LogP contribution < -0.4 is 25.9 Å². The summed E-state index contributed by atoms with van der Waals surface area (Å²) in [4.78, 5) is 0. The Morgan fingerprint density at radius 1 is 0.459 bits per heavy atom. The minimum Gasteiger partial charge on any atom is -0.430 e. The van der Waals surface area contributed by atoms with E-state index in [0.717, 1.165) is 16.4 Å². The quantitative estimate of drug-likeness (QED) is 0.201. The Morgan fingerprint density at radius 2 is 0.757 bits per heavy atom. The molecule has 182 valence electrons. The van der Waals surface area contributed by atoms with Crippen molar-refractivity contribution in [3.63, 3.8) is 0 Å². The molecular formula is C32H30O2Si3. The summed E-state index contributed by atoms with van der Waals surface area (Å²) in [5, 5.41) is 5.88. The molecule has 0 spiro atoms. The van der Waals surface area contributed by atoms with E-state index in [9.17, 15) is 0 Å². The monoisotopic (exact) mass is 530 g/mol. The van der Waals surface area contributed by atoms with Crippen LogP contribution in [0.2, 0.25) is 6.04 Å². The van der Waals surface area contributed by atoms with E-state index >= 15 is 0 Å². The van der Waals surface area contributed by atoms with Crippen LogP contribution in [0.1, 0.15) is 6.92 Å². The molecule has 2 radical (unpaired) electrons. The van der Waals surface area contributed by atoms with Crippen LogP contribution in [0.5, 0.6) is 0 Å². The fourth-order valence-corrected chi connectivity index (χ4v) is 16.4. The lowest BCUT2D eigenvalue weighted by Gasteiger charge is -2.42. The summed E-state index contributed by atoms with van der Waals surface area (Å²) in [6, 6.07) is 54.5. The lowest BCUT2D eigenvalue weighted by atomic mass is 10.3. The van der Waals surface area contributed by atoms with Crippen LogP contribution in [0.3, 0.4) is 0 Å². The van der Waals surface area contributed by atoms with E-state index in [1.807, 2.05) is 0 Å². The van der Waals surface area contributed by atoms with Gasteiger partial charge in [0.25, 0.3) is 8.32 Å². The van der Waals surface area contributed by atoms with Crippen LogP contribution in [-0.2, 0) is 8.23 Å². The lowest BCUT2D eigenvalue weighted by Crippen LogP contribution is -2.78. The van der Waals surface area contributed by atoms with Gasteiger partial charge in [-0.1, -0.05) is 159 Å². The summed E-state index contributed by atoms with van der Waals surface area (Å²) in [7, 11) is -5.88. The topological polar surface area (TPSA) is 18.5 Å². The van der Waals surface area contributed by atoms with Gasteiger partial charge in [0.15, 0.2) is 0 Å². The van der Waals surface area contributed by atoms with Gasteiger partial charge in [0, 0.05) is 0 Å². The molecule has 0 aliphatic rings. The van der Waals surface area contributed by atoms with Crippen molar-refractivity contribution in [1.82, 2.24) is 0 Å². The van der Waals surface area contributed by atoms with E-state index in [0.29, 0.717) is 9.76 Å². The summed E-state index contributed by atoms with van der Waals surface area (Å²) in [6.07, 6.45) is 0. The van der Waals surface area contributed by atoms with Crippen molar-refractivity contribution < 1.29 is 8.23 Å². The largest absolute Gasteiger partial charge is 0.430 e. The fourth-order valence-electron chi connectivity index (χ4n) is 4.82. The van der Waals surface area contributed by atoms with Gasteiger partial charge >= 0.3 is 8.56 Å². The van der Waals surface area contributed by atoms with E-state index in [1.165, 1.54) is 15.6 Å². The Hall–Kier alpha value is -3.33. The zero-order valence-corrected chi connectivity index (χ0v) is 24.0. The molecule has 0 aromatic heterocycles. The highest BCUT2D eigenvalue weighted by Gasteiger charge is 2.53. The molecule has 2 nitrogen and oxygen atoms in total. The van der Waals surface area contributed by atoms with Crippen molar-refractivity contribution in [2.45, 2.75) is 13.0 Å². The van der Waals surface area contributed by atoms with Crippen LogP contribution in [-0.4, -0.2) is 26.6 Å².